The number of benzene rings is 1. The molecule has 9 heterocycles. The molecular formula is C53H37N9. The van der Waals surface area contributed by atoms with Crippen molar-refractivity contribution < 1.29 is 9.13 Å². The molecule has 0 unspecified atom stereocenters. The molecule has 9 aromatic heterocycles. The van der Waals surface area contributed by atoms with Gasteiger partial charge in [-0.2, -0.15) is 0 Å². The summed E-state index contributed by atoms with van der Waals surface area (Å²) < 4.78 is 3.68. The zero-order chi connectivity index (χ0) is 41.8. The predicted molar refractivity (Wildman–Crippen MR) is 242 cm³/mol. The summed E-state index contributed by atoms with van der Waals surface area (Å²) in [6.45, 7) is 0. The lowest BCUT2D eigenvalue weighted by Gasteiger charge is -2.16. The third-order valence-electron chi connectivity index (χ3n) is 10.5. The van der Waals surface area contributed by atoms with Gasteiger partial charge < -0.3 is 9.13 Å². The highest BCUT2D eigenvalue weighted by molar-refractivity contribution is 5.86. The van der Waals surface area contributed by atoms with Crippen molar-refractivity contribution in [3.05, 3.63) is 215 Å². The Morgan fingerprint density at radius 3 is 0.839 bits per heavy atom. The van der Waals surface area contributed by atoms with Crippen LogP contribution in [0.3, 0.4) is 0 Å². The van der Waals surface area contributed by atoms with Crippen molar-refractivity contribution in [1.82, 2.24) is 34.9 Å². The Labute approximate surface area is 359 Å². The summed E-state index contributed by atoms with van der Waals surface area (Å²) in [5.74, 6) is 0. The molecule has 0 aliphatic heterocycles. The van der Waals surface area contributed by atoms with Gasteiger partial charge in [0, 0.05) is 38.9 Å². The van der Waals surface area contributed by atoms with Crippen LogP contribution < -0.4 is 9.13 Å². The standard InChI is InChI=1S/C53H37N9/c1-61-25-13-7-19-52(61)50-34-41(35-51(60-50)53-20-8-14-26-62(53)2)38-28-36(39-30-46(42-15-3-9-21-54-42)58-47(31-39)43-16-4-10-22-55-43)27-37(29-38)40-32-48(44-17-5-11-23-56-44)59-49(33-40)45-18-6-12-24-57-45/h3-35H,1-2H2. The van der Waals surface area contributed by atoms with Crippen molar-refractivity contribution in [1.29, 1.82) is 0 Å². The predicted octanol–water partition coefficient (Wildman–Crippen LogP) is 10.3. The molecule has 1 aromatic carbocycles. The zero-order valence-corrected chi connectivity index (χ0v) is 33.5. The van der Waals surface area contributed by atoms with Crippen LogP contribution in [0.5, 0.6) is 0 Å². The molecule has 0 bridgehead atoms. The van der Waals surface area contributed by atoms with E-state index in [1.807, 2.05) is 131 Å². The molecule has 0 aliphatic carbocycles. The van der Waals surface area contributed by atoms with Gasteiger partial charge in [-0.1, -0.05) is 48.5 Å². The average Bonchev–Trinajstić information content (AvgIpc) is 3.35. The lowest BCUT2D eigenvalue weighted by molar-refractivity contribution is -0.601. The molecule has 9 heteroatoms. The van der Waals surface area contributed by atoms with Crippen LogP contribution in [0.2, 0.25) is 0 Å². The van der Waals surface area contributed by atoms with Crippen LogP contribution in [0.25, 0.3) is 102 Å². The Morgan fingerprint density at radius 2 is 0.548 bits per heavy atom. The van der Waals surface area contributed by atoms with E-state index in [0.717, 1.165) is 102 Å². The van der Waals surface area contributed by atoms with Crippen molar-refractivity contribution >= 4 is 0 Å². The van der Waals surface area contributed by atoms with Crippen LogP contribution in [0.15, 0.2) is 201 Å². The Bertz CT molecular complexity index is 2870. The summed E-state index contributed by atoms with van der Waals surface area (Å²) in [7, 11) is 8.57. The van der Waals surface area contributed by atoms with Crippen LogP contribution >= 0.6 is 0 Å². The van der Waals surface area contributed by atoms with E-state index in [9.17, 15) is 0 Å². The van der Waals surface area contributed by atoms with Gasteiger partial charge in [-0.3, -0.25) is 24.9 Å². The topological polar surface area (TPSA) is 98.0 Å². The van der Waals surface area contributed by atoms with Gasteiger partial charge in [0.15, 0.2) is 0 Å². The molecule has 0 N–H and O–H groups in total. The minimum absolute atomic E-state index is 0.733. The quantitative estimate of drug-likeness (QED) is 0.106. The summed E-state index contributed by atoms with van der Waals surface area (Å²) in [5, 5.41) is 0. The Balaban J connectivity index is 1.26. The second kappa shape index (κ2) is 16.5. The minimum Gasteiger partial charge on any atom is -0.332 e. The Hall–Kier alpha value is -8.69. The summed E-state index contributed by atoms with van der Waals surface area (Å²) in [6, 6.07) is 54.7. The monoisotopic (exact) mass is 799 g/mol. The number of hydrogen-bond acceptors (Lipinski definition) is 7. The van der Waals surface area contributed by atoms with E-state index in [4.69, 9.17) is 34.9 Å². The Morgan fingerprint density at radius 1 is 0.274 bits per heavy atom. The van der Waals surface area contributed by atoms with Crippen molar-refractivity contribution in [3.8, 4) is 102 Å². The average molecular weight is 800 g/mol. The molecule has 0 atom stereocenters. The van der Waals surface area contributed by atoms with Gasteiger partial charge >= 0.3 is 0 Å². The largest absolute Gasteiger partial charge is 0.332 e. The fourth-order valence-electron chi connectivity index (χ4n) is 7.48. The number of aromatic nitrogens is 9. The number of rotatable bonds is 9. The molecule has 0 radical (unpaired) electrons. The van der Waals surface area contributed by atoms with Gasteiger partial charge in [-0.05, 0) is 149 Å². The van der Waals surface area contributed by atoms with Crippen LogP contribution in [0.1, 0.15) is 0 Å². The van der Waals surface area contributed by atoms with E-state index in [0.29, 0.717) is 0 Å². The first-order valence-corrected chi connectivity index (χ1v) is 20.0. The van der Waals surface area contributed by atoms with Crippen LogP contribution in [-0.4, -0.2) is 34.9 Å². The van der Waals surface area contributed by atoms with Gasteiger partial charge in [0.2, 0.25) is 0 Å². The van der Waals surface area contributed by atoms with Crippen molar-refractivity contribution in [2.24, 2.45) is 0 Å². The minimum atomic E-state index is 0.733. The molecule has 0 saturated heterocycles. The molecule has 0 aliphatic rings. The van der Waals surface area contributed by atoms with Gasteiger partial charge in [0.05, 0.1) is 69.3 Å². The lowest BCUT2D eigenvalue weighted by atomic mass is 9.91. The summed E-state index contributed by atoms with van der Waals surface area (Å²) in [4.78, 5) is 34.1. The summed E-state index contributed by atoms with van der Waals surface area (Å²) >= 11 is 0. The van der Waals surface area contributed by atoms with Crippen molar-refractivity contribution in [3.63, 3.8) is 0 Å². The molecule has 10 rings (SSSR count). The summed E-state index contributed by atoms with van der Waals surface area (Å²) in [5.41, 5.74) is 14.9. The zero-order valence-electron chi connectivity index (χ0n) is 33.5. The molecule has 0 spiro atoms. The van der Waals surface area contributed by atoms with Crippen LogP contribution in [-0.2, 0) is 0 Å². The highest BCUT2D eigenvalue weighted by atomic mass is 15.0. The maximum Gasteiger partial charge on any atom is 0.130 e. The second-order valence-electron chi connectivity index (χ2n) is 14.6. The first-order valence-electron chi connectivity index (χ1n) is 20.0. The maximum absolute atomic E-state index is 5.20. The normalized spacial score (nSPS) is 11.0. The van der Waals surface area contributed by atoms with Gasteiger partial charge in [0.25, 0.3) is 0 Å². The highest BCUT2D eigenvalue weighted by Gasteiger charge is 2.18. The van der Waals surface area contributed by atoms with E-state index in [2.05, 4.69) is 68.7 Å². The lowest BCUT2D eigenvalue weighted by Crippen LogP contribution is -2.29. The highest BCUT2D eigenvalue weighted by Crippen LogP contribution is 2.39. The fourth-order valence-corrected chi connectivity index (χ4v) is 7.48. The number of hydrogen-bond donors (Lipinski definition) is 0. The van der Waals surface area contributed by atoms with Gasteiger partial charge in [0.1, 0.15) is 11.4 Å². The first kappa shape index (κ1) is 37.6. The molecule has 62 heavy (non-hydrogen) atoms. The smallest absolute Gasteiger partial charge is 0.130 e. The van der Waals surface area contributed by atoms with E-state index in [1.165, 1.54) is 0 Å². The van der Waals surface area contributed by atoms with E-state index in [1.54, 1.807) is 24.8 Å². The first-order chi connectivity index (χ1) is 30.5. The molecule has 10 aromatic rings. The molecule has 0 fully saturated rings. The SMILES string of the molecule is [CH2-][n+]1ccccc1-c1cc(-c2cc(-c3cc(-c4ccccn4)nc(-c4ccccn4)c3)cc(-c3cc(-c4ccccn4)nc(-c4ccccn4)c3)c2)cc(-c2cccc[n+]2[CH2-])n1. The fraction of sp³-hybridized carbons (Fsp3) is 0. The van der Waals surface area contributed by atoms with Crippen LogP contribution in [0.4, 0.5) is 0 Å². The molecule has 294 valence electrons. The Kier molecular flexibility index (Phi) is 10.0. The maximum atomic E-state index is 5.20. The van der Waals surface area contributed by atoms with Crippen LogP contribution in [0, 0.1) is 14.1 Å². The molecular weight excluding hydrogens is 763 g/mol. The van der Waals surface area contributed by atoms with E-state index >= 15 is 0 Å². The molecule has 0 amide bonds. The third kappa shape index (κ3) is 7.77. The van der Waals surface area contributed by atoms with Gasteiger partial charge in [-0.15, -0.1) is 0 Å². The van der Waals surface area contributed by atoms with E-state index < -0.39 is 0 Å². The van der Waals surface area contributed by atoms with Crippen molar-refractivity contribution in [2.75, 3.05) is 0 Å². The molecule has 9 nitrogen and oxygen atoms in total. The van der Waals surface area contributed by atoms with Crippen molar-refractivity contribution in [2.45, 2.75) is 0 Å². The summed E-state index contributed by atoms with van der Waals surface area (Å²) in [6.07, 6.45) is 11.0. The number of pyridine rings is 9. The molecule has 0 saturated carbocycles. The third-order valence-corrected chi connectivity index (χ3v) is 10.5. The van der Waals surface area contributed by atoms with Gasteiger partial charge in [-0.25, -0.2) is 9.97 Å². The number of nitrogens with zero attached hydrogens (tertiary/aromatic N) is 9. The second-order valence-corrected chi connectivity index (χ2v) is 14.6. The van der Waals surface area contributed by atoms with E-state index in [-0.39, 0.29) is 0 Å².